The Hall–Kier alpha value is -2.77. The molecule has 0 aliphatic carbocycles. The standard InChI is InChI=1S/C13H9F3N2O3/c14-13(15,16)7-1-3-8(4-2-7)21-11-5-9(12(19)20)10(17)6-18-11/h1-6H,17H2,(H,19,20). The largest absolute Gasteiger partial charge is 0.478 e. The molecule has 1 aromatic carbocycles. The monoisotopic (exact) mass is 298 g/mol. The Balaban J connectivity index is 2.22. The third kappa shape index (κ3) is 3.41. The summed E-state index contributed by atoms with van der Waals surface area (Å²) in [5, 5.41) is 8.89. The average molecular weight is 298 g/mol. The number of nitrogens with two attached hydrogens (primary N) is 1. The number of nitrogen functional groups attached to an aromatic ring is 1. The quantitative estimate of drug-likeness (QED) is 0.909. The van der Waals surface area contributed by atoms with E-state index in [0.717, 1.165) is 36.5 Å². The number of nitrogens with zero attached hydrogens (tertiary/aromatic N) is 1. The molecule has 0 aliphatic heterocycles. The van der Waals surface area contributed by atoms with Gasteiger partial charge in [-0.15, -0.1) is 0 Å². The van der Waals surface area contributed by atoms with Crippen molar-refractivity contribution < 1.29 is 27.8 Å². The van der Waals surface area contributed by atoms with Crippen LogP contribution in [0.1, 0.15) is 15.9 Å². The molecule has 2 aromatic rings. The van der Waals surface area contributed by atoms with Gasteiger partial charge in [-0.3, -0.25) is 0 Å². The highest BCUT2D eigenvalue weighted by molar-refractivity contribution is 5.93. The lowest BCUT2D eigenvalue weighted by atomic mass is 10.2. The van der Waals surface area contributed by atoms with Crippen molar-refractivity contribution >= 4 is 11.7 Å². The van der Waals surface area contributed by atoms with E-state index in [1.165, 1.54) is 0 Å². The molecular formula is C13H9F3N2O3. The van der Waals surface area contributed by atoms with Crippen molar-refractivity contribution in [2.45, 2.75) is 6.18 Å². The highest BCUT2D eigenvalue weighted by Crippen LogP contribution is 2.31. The zero-order chi connectivity index (χ0) is 15.6. The maximum absolute atomic E-state index is 12.4. The molecule has 8 heteroatoms. The maximum atomic E-state index is 12.4. The van der Waals surface area contributed by atoms with Crippen LogP contribution in [0, 0.1) is 0 Å². The summed E-state index contributed by atoms with van der Waals surface area (Å²) in [6.07, 6.45) is -3.34. The van der Waals surface area contributed by atoms with E-state index >= 15 is 0 Å². The van der Waals surface area contributed by atoms with E-state index in [9.17, 15) is 18.0 Å². The van der Waals surface area contributed by atoms with E-state index in [1.54, 1.807) is 0 Å². The average Bonchev–Trinajstić information content (AvgIpc) is 2.40. The number of hydrogen-bond acceptors (Lipinski definition) is 4. The normalized spacial score (nSPS) is 11.2. The number of aromatic carboxylic acids is 1. The summed E-state index contributed by atoms with van der Waals surface area (Å²) in [6, 6.07) is 5.02. The minimum atomic E-state index is -4.44. The molecule has 0 bridgehead atoms. The van der Waals surface area contributed by atoms with Crippen LogP contribution in [-0.2, 0) is 6.18 Å². The molecule has 0 fully saturated rings. The van der Waals surface area contributed by atoms with Crippen molar-refractivity contribution in [3.8, 4) is 11.6 Å². The highest BCUT2D eigenvalue weighted by Gasteiger charge is 2.30. The molecular weight excluding hydrogens is 289 g/mol. The van der Waals surface area contributed by atoms with E-state index in [-0.39, 0.29) is 22.9 Å². The van der Waals surface area contributed by atoms with Crippen LogP contribution in [0.3, 0.4) is 0 Å². The van der Waals surface area contributed by atoms with E-state index in [0.29, 0.717) is 0 Å². The second kappa shape index (κ2) is 5.31. The lowest BCUT2D eigenvalue weighted by molar-refractivity contribution is -0.137. The number of pyridine rings is 1. The Kier molecular flexibility index (Phi) is 3.70. The first-order valence-corrected chi connectivity index (χ1v) is 5.61. The molecule has 21 heavy (non-hydrogen) atoms. The van der Waals surface area contributed by atoms with Gasteiger partial charge in [-0.25, -0.2) is 9.78 Å². The van der Waals surface area contributed by atoms with Gasteiger partial charge in [-0.2, -0.15) is 13.2 Å². The van der Waals surface area contributed by atoms with Crippen LogP contribution >= 0.6 is 0 Å². The molecule has 110 valence electrons. The zero-order valence-corrected chi connectivity index (χ0v) is 10.4. The smallest absolute Gasteiger partial charge is 0.416 e. The number of benzene rings is 1. The Morgan fingerprint density at radius 1 is 1.24 bits per heavy atom. The van der Waals surface area contributed by atoms with Crippen LogP contribution < -0.4 is 10.5 Å². The third-order valence-corrected chi connectivity index (χ3v) is 2.54. The van der Waals surface area contributed by atoms with Gasteiger partial charge < -0.3 is 15.6 Å². The van der Waals surface area contributed by atoms with Gasteiger partial charge >= 0.3 is 12.1 Å². The van der Waals surface area contributed by atoms with Gasteiger partial charge in [0.25, 0.3) is 0 Å². The van der Waals surface area contributed by atoms with Gasteiger partial charge in [0.1, 0.15) is 5.75 Å². The van der Waals surface area contributed by atoms with Crippen LogP contribution in [-0.4, -0.2) is 16.1 Å². The summed E-state index contributed by atoms with van der Waals surface area (Å²) in [4.78, 5) is 14.6. The number of aromatic nitrogens is 1. The molecule has 5 nitrogen and oxygen atoms in total. The number of ether oxygens (including phenoxy) is 1. The van der Waals surface area contributed by atoms with Crippen molar-refractivity contribution in [3.05, 3.63) is 47.7 Å². The first-order chi connectivity index (χ1) is 9.77. The summed E-state index contributed by atoms with van der Waals surface area (Å²) in [5.41, 5.74) is 4.37. The molecule has 0 saturated carbocycles. The fraction of sp³-hybridized carbons (Fsp3) is 0.0769. The number of carboxylic acids is 1. The predicted molar refractivity (Wildman–Crippen MR) is 67.1 cm³/mol. The first-order valence-electron chi connectivity index (χ1n) is 5.61. The van der Waals surface area contributed by atoms with E-state index in [4.69, 9.17) is 15.6 Å². The van der Waals surface area contributed by atoms with Gasteiger partial charge in [0.15, 0.2) is 0 Å². The van der Waals surface area contributed by atoms with E-state index in [2.05, 4.69) is 4.98 Å². The van der Waals surface area contributed by atoms with Gasteiger partial charge in [-0.05, 0) is 24.3 Å². The Morgan fingerprint density at radius 3 is 2.38 bits per heavy atom. The van der Waals surface area contributed by atoms with Gasteiger partial charge in [0, 0.05) is 6.07 Å². The fourth-order valence-corrected chi connectivity index (χ4v) is 1.52. The summed E-state index contributed by atoms with van der Waals surface area (Å²) in [6.45, 7) is 0. The Labute approximate surface area is 116 Å². The molecule has 0 amide bonds. The van der Waals surface area contributed by atoms with Gasteiger partial charge in [0.05, 0.1) is 23.0 Å². The number of carbonyl (C=O) groups is 1. The summed E-state index contributed by atoms with van der Waals surface area (Å²) >= 11 is 0. The molecule has 2 rings (SSSR count). The van der Waals surface area contributed by atoms with E-state index in [1.807, 2.05) is 0 Å². The van der Waals surface area contributed by atoms with E-state index < -0.39 is 17.7 Å². The first kappa shape index (κ1) is 14.6. The minimum Gasteiger partial charge on any atom is -0.478 e. The molecule has 0 spiro atoms. The summed E-state index contributed by atoms with van der Waals surface area (Å²) < 4.78 is 42.4. The van der Waals surface area contributed by atoms with Crippen molar-refractivity contribution in [2.75, 3.05) is 5.73 Å². The number of halogens is 3. The Morgan fingerprint density at radius 2 is 1.86 bits per heavy atom. The second-order valence-electron chi connectivity index (χ2n) is 4.04. The van der Waals surface area contributed by atoms with Crippen LogP contribution in [0.15, 0.2) is 36.5 Å². The molecule has 0 aliphatic rings. The number of rotatable bonds is 3. The highest BCUT2D eigenvalue weighted by atomic mass is 19.4. The van der Waals surface area contributed by atoms with Crippen LogP contribution in [0.5, 0.6) is 11.6 Å². The summed E-state index contributed by atoms with van der Waals surface area (Å²) in [5.74, 6) is -1.25. The van der Waals surface area contributed by atoms with Gasteiger partial charge in [0.2, 0.25) is 5.88 Å². The van der Waals surface area contributed by atoms with Crippen molar-refractivity contribution in [1.82, 2.24) is 4.98 Å². The molecule has 0 unspecified atom stereocenters. The predicted octanol–water partition coefficient (Wildman–Crippen LogP) is 3.17. The van der Waals surface area contributed by atoms with Crippen LogP contribution in [0.25, 0.3) is 0 Å². The molecule has 0 radical (unpaired) electrons. The van der Waals surface area contributed by atoms with Crippen molar-refractivity contribution in [2.24, 2.45) is 0 Å². The molecule has 0 atom stereocenters. The molecule has 1 aromatic heterocycles. The second-order valence-corrected chi connectivity index (χ2v) is 4.04. The molecule has 3 N–H and O–H groups in total. The molecule has 1 heterocycles. The SMILES string of the molecule is Nc1cnc(Oc2ccc(C(F)(F)F)cc2)cc1C(=O)O. The van der Waals surface area contributed by atoms with Gasteiger partial charge in [-0.1, -0.05) is 0 Å². The van der Waals surface area contributed by atoms with Crippen LogP contribution in [0.2, 0.25) is 0 Å². The maximum Gasteiger partial charge on any atom is 0.416 e. The molecule has 0 saturated heterocycles. The fourth-order valence-electron chi connectivity index (χ4n) is 1.52. The number of carboxylic acid groups (broad SMARTS) is 1. The lowest BCUT2D eigenvalue weighted by Gasteiger charge is -2.09. The van der Waals surface area contributed by atoms with Crippen molar-refractivity contribution in [3.63, 3.8) is 0 Å². The topological polar surface area (TPSA) is 85.4 Å². The third-order valence-electron chi connectivity index (χ3n) is 2.54. The van der Waals surface area contributed by atoms with Crippen LogP contribution in [0.4, 0.5) is 18.9 Å². The number of anilines is 1. The lowest BCUT2D eigenvalue weighted by Crippen LogP contribution is -2.05. The Bertz CT molecular complexity index is 669. The minimum absolute atomic E-state index is 0.0396. The zero-order valence-electron chi connectivity index (χ0n) is 10.4. The summed E-state index contributed by atoms with van der Waals surface area (Å²) in [7, 11) is 0. The van der Waals surface area contributed by atoms with Crippen molar-refractivity contribution in [1.29, 1.82) is 0 Å². The number of hydrogen-bond donors (Lipinski definition) is 2. The number of alkyl halides is 3.